The molecule has 0 aromatic rings. The van der Waals surface area contributed by atoms with Crippen molar-refractivity contribution >= 4 is 62.6 Å². The summed E-state index contributed by atoms with van der Waals surface area (Å²) in [6, 6.07) is 0. The second-order valence-electron chi connectivity index (χ2n) is 0.600. The van der Waals surface area contributed by atoms with Crippen molar-refractivity contribution in [3.63, 3.8) is 0 Å². The van der Waals surface area contributed by atoms with Gasteiger partial charge < -0.3 is 19.2 Å². The quantitative estimate of drug-likeness (QED) is 0.269. The van der Waals surface area contributed by atoms with Crippen LogP contribution < -0.4 is 0 Å². The summed E-state index contributed by atoms with van der Waals surface area (Å²) in [6.07, 6.45) is 0. The number of hydrogen-bond acceptors (Lipinski definition) is 4. The first-order valence-corrected chi connectivity index (χ1v) is 2.68. The van der Waals surface area contributed by atoms with Crippen molar-refractivity contribution in [1.29, 1.82) is 0 Å². The van der Waals surface area contributed by atoms with E-state index in [2.05, 4.69) is 0 Å². The van der Waals surface area contributed by atoms with Gasteiger partial charge in [-0.25, -0.2) is 0 Å². The first-order valence-electron chi connectivity index (χ1n) is 0.894. The predicted molar refractivity (Wildman–Crippen MR) is 41.7 cm³/mol. The van der Waals surface area contributed by atoms with Crippen molar-refractivity contribution in [2.45, 2.75) is 0 Å². The number of hydrogen-bond donors (Lipinski definition) is 4. The molecule has 0 aliphatic heterocycles. The fourth-order valence-corrected chi connectivity index (χ4v) is 0. The number of rotatable bonds is 0. The molecule has 4 nitrogen and oxygen atoms in total. The summed E-state index contributed by atoms with van der Waals surface area (Å²) in [7, 11) is -4.61. The second-order valence-corrected chi connectivity index (χ2v) is 1.80. The van der Waals surface area contributed by atoms with E-state index in [1.54, 1.807) is 0 Å². The molecule has 0 bridgehead atoms. The van der Waals surface area contributed by atoms with E-state index in [1.807, 2.05) is 0 Å². The summed E-state index contributed by atoms with van der Waals surface area (Å²) in [4.78, 5) is 29.3. The summed E-state index contributed by atoms with van der Waals surface area (Å²) in [5.74, 6) is 0. The second kappa shape index (κ2) is 8.72. The molecule has 0 unspecified atom stereocenters. The van der Waals surface area contributed by atoms with Crippen molar-refractivity contribution in [3.05, 3.63) is 0 Å². The monoisotopic (exact) mass is 164 g/mol. The molecule has 0 fully saturated rings. The maximum absolute atomic E-state index is 7.33. The van der Waals surface area contributed by atoms with Gasteiger partial charge in [0.25, 0.3) is 0 Å². The van der Waals surface area contributed by atoms with Gasteiger partial charge in [-0.1, -0.05) is 0 Å². The van der Waals surface area contributed by atoms with Crippen LogP contribution >= 0.6 is 0 Å². The Morgan fingerprint density at radius 3 is 0.750 bits per heavy atom. The molecule has 0 aromatic carbocycles. The standard InChI is InChI=1S/2Al.Li.H4O4Si.7H/c;;;1-5(2,3)4;;;;;;;/h;;;1-4H;;;;;;;. The van der Waals surface area contributed by atoms with Gasteiger partial charge in [0.15, 0.2) is 34.7 Å². The van der Waals surface area contributed by atoms with Crippen LogP contribution in [0.2, 0.25) is 0 Å². The van der Waals surface area contributed by atoms with Gasteiger partial charge in [0.2, 0.25) is 0 Å². The Morgan fingerprint density at radius 1 is 0.750 bits per heavy atom. The zero-order valence-corrected chi connectivity index (χ0v) is 3.29. The summed E-state index contributed by atoms with van der Waals surface area (Å²) < 4.78 is 0. The van der Waals surface area contributed by atoms with Crippen LogP contribution in [0.1, 0.15) is 0 Å². The van der Waals surface area contributed by atoms with E-state index in [0.29, 0.717) is 0 Å². The Labute approximate surface area is 81.5 Å². The topological polar surface area (TPSA) is 80.9 Å². The van der Waals surface area contributed by atoms with Gasteiger partial charge in [0.1, 0.15) is 0 Å². The molecule has 0 amide bonds. The molecule has 8 heteroatoms. The van der Waals surface area contributed by atoms with Gasteiger partial charge in [0.05, 0.1) is 0 Å². The van der Waals surface area contributed by atoms with Gasteiger partial charge in [-0.3, -0.25) is 0 Å². The first kappa shape index (κ1) is 22.6. The molecular formula is H11Al2LiO4Si. The summed E-state index contributed by atoms with van der Waals surface area (Å²) >= 11 is 0. The molecule has 8 heavy (non-hydrogen) atoms. The minimum absolute atomic E-state index is 0. The van der Waals surface area contributed by atoms with E-state index in [1.165, 1.54) is 0 Å². The molecule has 0 rings (SSSR count). The van der Waals surface area contributed by atoms with Crippen LogP contribution in [0.3, 0.4) is 0 Å². The van der Waals surface area contributed by atoms with Crippen molar-refractivity contribution in [2.24, 2.45) is 0 Å². The van der Waals surface area contributed by atoms with Crippen LogP contribution in [-0.2, 0) is 0 Å². The van der Waals surface area contributed by atoms with Crippen LogP contribution in [0.5, 0.6) is 0 Å². The molecule has 0 saturated carbocycles. The molecule has 46 valence electrons. The van der Waals surface area contributed by atoms with E-state index >= 15 is 0 Å². The molecule has 0 atom stereocenters. The van der Waals surface area contributed by atoms with Gasteiger partial charge in [-0.15, -0.1) is 0 Å². The summed E-state index contributed by atoms with van der Waals surface area (Å²) in [6.45, 7) is 0. The SMILES string of the molecule is O[Si](O)(O)O.[AlH3].[AlH3].[LiH]. The van der Waals surface area contributed by atoms with E-state index in [-0.39, 0.29) is 53.6 Å². The third kappa shape index (κ3) is 118. The average molecular weight is 164 g/mol. The average Bonchev–Trinajstić information content (AvgIpc) is 0.722. The fourth-order valence-electron chi connectivity index (χ4n) is 0. The summed E-state index contributed by atoms with van der Waals surface area (Å²) in [5.41, 5.74) is 0. The van der Waals surface area contributed by atoms with E-state index in [4.69, 9.17) is 19.2 Å². The minimum atomic E-state index is -4.61. The maximum atomic E-state index is 7.33. The van der Waals surface area contributed by atoms with E-state index < -0.39 is 9.05 Å². The molecular weight excluding hydrogens is 153 g/mol. The van der Waals surface area contributed by atoms with Crippen LogP contribution in [0.4, 0.5) is 0 Å². The van der Waals surface area contributed by atoms with Crippen molar-refractivity contribution in [1.82, 2.24) is 0 Å². The molecule has 4 N–H and O–H groups in total. The summed E-state index contributed by atoms with van der Waals surface area (Å²) in [5, 5.41) is 0. The zero-order chi connectivity index (χ0) is 4.50. The predicted octanol–water partition coefficient (Wildman–Crippen LogP) is -5.63. The molecule has 0 spiro atoms. The third-order valence-corrected chi connectivity index (χ3v) is 0. The molecule has 0 radical (unpaired) electrons. The molecule has 0 heterocycles. The van der Waals surface area contributed by atoms with Crippen molar-refractivity contribution in [2.75, 3.05) is 0 Å². The van der Waals surface area contributed by atoms with Gasteiger partial charge in [-0.05, 0) is 0 Å². The van der Waals surface area contributed by atoms with Gasteiger partial charge >= 0.3 is 27.9 Å². The molecule has 0 saturated heterocycles. The van der Waals surface area contributed by atoms with Gasteiger partial charge in [0, 0.05) is 0 Å². The third-order valence-electron chi connectivity index (χ3n) is 0. The van der Waals surface area contributed by atoms with E-state index in [0.717, 1.165) is 0 Å². The van der Waals surface area contributed by atoms with E-state index in [9.17, 15) is 0 Å². The van der Waals surface area contributed by atoms with Crippen LogP contribution in [0.25, 0.3) is 0 Å². The van der Waals surface area contributed by atoms with Crippen LogP contribution in [0.15, 0.2) is 0 Å². The Bertz CT molecular complexity index is 29.5. The van der Waals surface area contributed by atoms with Gasteiger partial charge in [-0.2, -0.15) is 0 Å². The zero-order valence-electron chi connectivity index (χ0n) is 2.29. The fraction of sp³-hybridized carbons (Fsp3) is 0. The van der Waals surface area contributed by atoms with Crippen molar-refractivity contribution in [3.8, 4) is 0 Å². The first-order chi connectivity index (χ1) is 2.00. The van der Waals surface area contributed by atoms with Crippen LogP contribution in [0, 0.1) is 0 Å². The normalized spacial score (nSPS) is 7.50. The molecule has 0 aliphatic carbocycles. The van der Waals surface area contributed by atoms with Crippen molar-refractivity contribution < 1.29 is 19.2 Å². The molecule has 0 aliphatic rings. The Kier molecular flexibility index (Phi) is 24.6. The Balaban J connectivity index is -0.0000000267. The Morgan fingerprint density at radius 2 is 0.750 bits per heavy atom. The molecule has 0 aromatic heterocycles. The van der Waals surface area contributed by atoms with Crippen LogP contribution in [-0.4, -0.2) is 81.8 Å². The Hall–Kier alpha value is 1.72.